The number of hydrogen-bond donors (Lipinski definition) is 0. The predicted octanol–water partition coefficient (Wildman–Crippen LogP) is 2.65. The molecule has 7 heteroatoms. The van der Waals surface area contributed by atoms with E-state index in [9.17, 15) is 18.0 Å². The van der Waals surface area contributed by atoms with Gasteiger partial charge in [0.25, 0.3) is 0 Å². The van der Waals surface area contributed by atoms with Gasteiger partial charge >= 0.3 is 5.03 Å². The van der Waals surface area contributed by atoms with Crippen LogP contribution in [0.25, 0.3) is 0 Å². The largest absolute Gasteiger partial charge is 0.618 e. The molecule has 2 aromatic rings. The lowest BCUT2D eigenvalue weighted by molar-refractivity contribution is -0.646. The average Bonchev–Trinajstić information content (AvgIpc) is 2.38. The Morgan fingerprint density at radius 1 is 1.25 bits per heavy atom. The number of sulfone groups is 1. The third-order valence-electron chi connectivity index (χ3n) is 2.95. The highest BCUT2D eigenvalue weighted by Gasteiger charge is 2.34. The average molecular weight is 316 g/mol. The summed E-state index contributed by atoms with van der Waals surface area (Å²) in [6.45, 7) is 1.30. The van der Waals surface area contributed by atoms with Crippen molar-refractivity contribution in [3.8, 4) is 0 Å². The smallest absolute Gasteiger partial charge is 0.309 e. The van der Waals surface area contributed by atoms with Crippen LogP contribution in [0, 0.1) is 11.0 Å². The molecule has 0 saturated carbocycles. The van der Waals surface area contributed by atoms with Crippen LogP contribution in [0.2, 0.25) is 5.02 Å². The van der Waals surface area contributed by atoms with E-state index < -0.39 is 25.9 Å². The Balaban J connectivity index is 2.59. The van der Waals surface area contributed by atoms with E-state index in [0.717, 1.165) is 12.3 Å². The van der Waals surface area contributed by atoms with E-state index in [-0.39, 0.29) is 15.3 Å². The number of aromatic nitrogens is 1. The van der Waals surface area contributed by atoms with Gasteiger partial charge in [0.05, 0.1) is 5.25 Å². The molecule has 0 aliphatic rings. The first-order chi connectivity index (χ1) is 9.35. The van der Waals surface area contributed by atoms with Crippen LogP contribution < -0.4 is 4.73 Å². The summed E-state index contributed by atoms with van der Waals surface area (Å²) in [5.74, 6) is -0.720. The zero-order chi connectivity index (χ0) is 14.9. The molecule has 4 nitrogen and oxygen atoms in total. The molecule has 0 aliphatic carbocycles. The van der Waals surface area contributed by atoms with Crippen molar-refractivity contribution in [1.29, 1.82) is 0 Å². The van der Waals surface area contributed by atoms with Crippen LogP contribution in [-0.4, -0.2) is 8.42 Å². The molecule has 0 bridgehead atoms. The summed E-state index contributed by atoms with van der Waals surface area (Å²) < 4.78 is 38.9. The van der Waals surface area contributed by atoms with E-state index in [1.54, 1.807) is 0 Å². The van der Waals surface area contributed by atoms with E-state index >= 15 is 0 Å². The number of rotatable bonds is 3. The first-order valence-corrected chi connectivity index (χ1v) is 7.64. The SMILES string of the molecule is CC(c1c(F)cccc1Cl)S(=O)(=O)c1cccc[n+]1[O-]. The van der Waals surface area contributed by atoms with Crippen LogP contribution in [0.15, 0.2) is 47.6 Å². The molecule has 1 aromatic heterocycles. The van der Waals surface area contributed by atoms with Gasteiger partial charge in [0, 0.05) is 22.7 Å². The number of hydrogen-bond acceptors (Lipinski definition) is 3. The molecule has 0 saturated heterocycles. The molecule has 20 heavy (non-hydrogen) atoms. The molecule has 0 N–H and O–H groups in total. The molecule has 0 aliphatic heterocycles. The maximum atomic E-state index is 13.8. The van der Waals surface area contributed by atoms with Crippen LogP contribution in [0.4, 0.5) is 4.39 Å². The third-order valence-corrected chi connectivity index (χ3v) is 5.35. The van der Waals surface area contributed by atoms with Gasteiger partial charge in [-0.15, -0.1) is 0 Å². The lowest BCUT2D eigenvalue weighted by atomic mass is 10.1. The topological polar surface area (TPSA) is 61.1 Å². The summed E-state index contributed by atoms with van der Waals surface area (Å²) in [4.78, 5) is 0. The molecule has 0 radical (unpaired) electrons. The van der Waals surface area contributed by atoms with E-state index in [2.05, 4.69) is 0 Å². The van der Waals surface area contributed by atoms with Crippen LogP contribution in [0.3, 0.4) is 0 Å². The van der Waals surface area contributed by atoms with Gasteiger partial charge in [0.15, 0.2) is 6.20 Å². The van der Waals surface area contributed by atoms with Crippen molar-refractivity contribution >= 4 is 21.4 Å². The van der Waals surface area contributed by atoms with Gasteiger partial charge in [0.1, 0.15) is 5.82 Å². The second kappa shape index (κ2) is 5.38. The van der Waals surface area contributed by atoms with E-state index in [1.807, 2.05) is 0 Å². The Morgan fingerprint density at radius 2 is 1.95 bits per heavy atom. The van der Waals surface area contributed by atoms with Crippen molar-refractivity contribution < 1.29 is 17.5 Å². The summed E-state index contributed by atoms with van der Waals surface area (Å²) in [5, 5.41) is 9.89. The number of nitrogens with zero attached hydrogens (tertiary/aromatic N) is 1. The van der Waals surface area contributed by atoms with Crippen molar-refractivity contribution in [2.75, 3.05) is 0 Å². The predicted molar refractivity (Wildman–Crippen MR) is 72.4 cm³/mol. The summed E-state index contributed by atoms with van der Waals surface area (Å²) in [6, 6.07) is 7.93. The van der Waals surface area contributed by atoms with E-state index in [0.29, 0.717) is 0 Å². The van der Waals surface area contributed by atoms with Crippen molar-refractivity contribution in [2.24, 2.45) is 0 Å². The van der Waals surface area contributed by atoms with Crippen molar-refractivity contribution in [1.82, 2.24) is 0 Å². The van der Waals surface area contributed by atoms with E-state index in [1.165, 1.54) is 37.3 Å². The fraction of sp³-hybridized carbons (Fsp3) is 0.154. The normalized spacial score (nSPS) is 13.2. The highest BCUT2D eigenvalue weighted by atomic mass is 35.5. The second-order valence-corrected chi connectivity index (χ2v) is 6.81. The fourth-order valence-electron chi connectivity index (χ4n) is 1.87. The molecule has 0 fully saturated rings. The Bertz CT molecular complexity index is 729. The Hall–Kier alpha value is -1.66. The minimum absolute atomic E-state index is 0.00875. The van der Waals surface area contributed by atoms with Gasteiger partial charge in [0.2, 0.25) is 9.84 Å². The first kappa shape index (κ1) is 14.7. The zero-order valence-corrected chi connectivity index (χ0v) is 12.0. The lowest BCUT2D eigenvalue weighted by Crippen LogP contribution is -2.34. The maximum Gasteiger partial charge on any atom is 0.309 e. The number of pyridine rings is 1. The highest BCUT2D eigenvalue weighted by Crippen LogP contribution is 2.33. The van der Waals surface area contributed by atoms with Gasteiger partial charge in [-0.25, -0.2) is 12.8 Å². The number of benzene rings is 1. The van der Waals surface area contributed by atoms with Gasteiger partial charge in [-0.3, -0.25) is 0 Å². The summed E-state index contributed by atoms with van der Waals surface area (Å²) in [7, 11) is -4.04. The summed E-state index contributed by atoms with van der Waals surface area (Å²) >= 11 is 5.87. The standard InChI is InChI=1S/C13H11ClFNO3S/c1-9(13-10(14)5-4-6-11(13)15)20(18,19)12-7-2-3-8-16(12)17/h2-9H,1H3. The van der Waals surface area contributed by atoms with Gasteiger partial charge in [-0.2, -0.15) is 4.73 Å². The van der Waals surface area contributed by atoms with Gasteiger partial charge < -0.3 is 5.21 Å². The molecule has 0 amide bonds. The van der Waals surface area contributed by atoms with Crippen LogP contribution in [0.5, 0.6) is 0 Å². The molecule has 1 aromatic carbocycles. The maximum absolute atomic E-state index is 13.8. The molecular formula is C13H11ClFNO3S. The van der Waals surface area contributed by atoms with Crippen molar-refractivity contribution in [3.05, 3.63) is 64.2 Å². The molecule has 2 rings (SSSR count). The minimum Gasteiger partial charge on any atom is -0.618 e. The van der Waals surface area contributed by atoms with E-state index in [4.69, 9.17) is 11.6 Å². The second-order valence-electron chi connectivity index (χ2n) is 4.19. The highest BCUT2D eigenvalue weighted by molar-refractivity contribution is 7.91. The molecule has 1 atom stereocenters. The first-order valence-electron chi connectivity index (χ1n) is 5.71. The van der Waals surface area contributed by atoms with Crippen LogP contribution in [0.1, 0.15) is 17.7 Å². The Kier molecular flexibility index (Phi) is 3.96. The third kappa shape index (κ3) is 2.48. The van der Waals surface area contributed by atoms with Gasteiger partial charge in [-0.05, 0) is 25.1 Å². The summed E-state index contributed by atoms with van der Waals surface area (Å²) in [6.07, 6.45) is 1.07. The molecule has 1 heterocycles. The van der Waals surface area contributed by atoms with Crippen molar-refractivity contribution in [2.45, 2.75) is 17.2 Å². The Morgan fingerprint density at radius 3 is 2.55 bits per heavy atom. The number of halogens is 2. The fourth-order valence-corrected chi connectivity index (χ4v) is 3.75. The monoisotopic (exact) mass is 315 g/mol. The van der Waals surface area contributed by atoms with Crippen LogP contribution in [-0.2, 0) is 9.84 Å². The molecule has 106 valence electrons. The van der Waals surface area contributed by atoms with Gasteiger partial charge in [-0.1, -0.05) is 17.7 Å². The lowest BCUT2D eigenvalue weighted by Gasteiger charge is -2.14. The minimum atomic E-state index is -4.04. The van der Waals surface area contributed by atoms with Crippen LogP contribution >= 0.6 is 11.6 Å². The van der Waals surface area contributed by atoms with Crippen molar-refractivity contribution in [3.63, 3.8) is 0 Å². The molecule has 0 spiro atoms. The molecular weight excluding hydrogens is 305 g/mol. The quantitative estimate of drug-likeness (QED) is 0.646. The summed E-state index contributed by atoms with van der Waals surface area (Å²) in [5.41, 5.74) is -0.141. The zero-order valence-electron chi connectivity index (χ0n) is 10.5. The Labute approximate surface area is 120 Å². The molecule has 1 unspecified atom stereocenters.